The molecule has 0 fully saturated rings. The summed E-state index contributed by atoms with van der Waals surface area (Å²) in [5, 5.41) is 10.3. The SMILES string of the molecule is C[C@@H](OCc1ccccc1)C(=O)[O-]. The normalized spacial score (nSPS) is 12.4. The summed E-state index contributed by atoms with van der Waals surface area (Å²) in [7, 11) is 0. The van der Waals surface area contributed by atoms with Crippen molar-refractivity contribution in [2.24, 2.45) is 0 Å². The van der Waals surface area contributed by atoms with Crippen LogP contribution < -0.4 is 5.11 Å². The fraction of sp³-hybridized carbons (Fsp3) is 0.300. The van der Waals surface area contributed by atoms with Crippen LogP contribution in [0, 0.1) is 0 Å². The lowest BCUT2D eigenvalue weighted by molar-refractivity contribution is -0.316. The van der Waals surface area contributed by atoms with Crippen LogP contribution in [-0.4, -0.2) is 12.1 Å². The molecule has 0 saturated heterocycles. The molecule has 0 N–H and O–H groups in total. The first-order chi connectivity index (χ1) is 6.20. The van der Waals surface area contributed by atoms with Gasteiger partial charge in [0.2, 0.25) is 0 Å². The number of aliphatic carboxylic acids is 1. The number of carbonyl (C=O) groups is 1. The fourth-order valence-corrected chi connectivity index (χ4v) is 0.864. The summed E-state index contributed by atoms with van der Waals surface area (Å²) in [5.41, 5.74) is 0.954. The van der Waals surface area contributed by atoms with E-state index in [1.165, 1.54) is 6.92 Å². The van der Waals surface area contributed by atoms with E-state index in [0.29, 0.717) is 6.61 Å². The maximum Gasteiger partial charge on any atom is 0.0944 e. The molecule has 0 aromatic heterocycles. The van der Waals surface area contributed by atoms with E-state index < -0.39 is 12.1 Å². The van der Waals surface area contributed by atoms with Crippen molar-refractivity contribution in [3.8, 4) is 0 Å². The quantitative estimate of drug-likeness (QED) is 0.669. The van der Waals surface area contributed by atoms with E-state index in [0.717, 1.165) is 5.56 Å². The van der Waals surface area contributed by atoms with E-state index in [4.69, 9.17) is 4.74 Å². The standard InChI is InChI=1S/C10H12O3/c1-8(10(11)12)13-7-9-5-3-2-4-6-9/h2-6,8H,7H2,1H3,(H,11,12)/p-1/t8-/m1/s1. The van der Waals surface area contributed by atoms with Crippen molar-refractivity contribution in [1.29, 1.82) is 0 Å². The lowest BCUT2D eigenvalue weighted by Gasteiger charge is -2.13. The molecule has 0 bridgehead atoms. The second-order valence-electron chi connectivity index (χ2n) is 2.76. The predicted molar refractivity (Wildman–Crippen MR) is 45.7 cm³/mol. The van der Waals surface area contributed by atoms with Gasteiger partial charge in [-0.2, -0.15) is 0 Å². The van der Waals surface area contributed by atoms with Gasteiger partial charge in [-0.25, -0.2) is 0 Å². The van der Waals surface area contributed by atoms with Gasteiger partial charge < -0.3 is 14.6 Å². The summed E-state index contributed by atoms with van der Waals surface area (Å²) in [6.45, 7) is 1.76. The highest BCUT2D eigenvalue weighted by atomic mass is 16.5. The molecule has 70 valence electrons. The number of carboxylic acids is 1. The Morgan fingerprint density at radius 2 is 2.08 bits per heavy atom. The van der Waals surface area contributed by atoms with Crippen LogP contribution in [0.25, 0.3) is 0 Å². The number of hydrogen-bond acceptors (Lipinski definition) is 3. The summed E-state index contributed by atoms with van der Waals surface area (Å²) in [6, 6.07) is 9.40. The van der Waals surface area contributed by atoms with Crippen molar-refractivity contribution in [1.82, 2.24) is 0 Å². The van der Waals surface area contributed by atoms with Crippen LogP contribution in [-0.2, 0) is 16.1 Å². The van der Waals surface area contributed by atoms with Gasteiger partial charge in [0.1, 0.15) is 0 Å². The Labute approximate surface area is 77.0 Å². The number of ether oxygens (including phenoxy) is 1. The van der Waals surface area contributed by atoms with E-state index in [1.54, 1.807) is 0 Å². The number of hydrogen-bond donors (Lipinski definition) is 0. The predicted octanol–water partition coefficient (Wildman–Crippen LogP) is 0.342. The third-order valence-corrected chi connectivity index (χ3v) is 1.67. The van der Waals surface area contributed by atoms with Crippen molar-refractivity contribution >= 4 is 5.97 Å². The van der Waals surface area contributed by atoms with Crippen molar-refractivity contribution in [3.05, 3.63) is 35.9 Å². The maximum atomic E-state index is 10.3. The Kier molecular flexibility index (Phi) is 3.46. The molecule has 0 spiro atoms. The first-order valence-electron chi connectivity index (χ1n) is 4.06. The van der Waals surface area contributed by atoms with Crippen molar-refractivity contribution in [3.63, 3.8) is 0 Å². The highest BCUT2D eigenvalue weighted by molar-refractivity contribution is 5.69. The second kappa shape index (κ2) is 4.62. The monoisotopic (exact) mass is 179 g/mol. The lowest BCUT2D eigenvalue weighted by atomic mass is 10.2. The molecule has 0 saturated carbocycles. The van der Waals surface area contributed by atoms with Crippen LogP contribution in [0.1, 0.15) is 12.5 Å². The van der Waals surface area contributed by atoms with Gasteiger partial charge in [-0.15, -0.1) is 0 Å². The summed E-state index contributed by atoms with van der Waals surface area (Å²) < 4.78 is 5.03. The van der Waals surface area contributed by atoms with Crippen molar-refractivity contribution in [2.75, 3.05) is 0 Å². The van der Waals surface area contributed by atoms with Gasteiger partial charge in [0.15, 0.2) is 0 Å². The molecule has 0 aliphatic carbocycles. The first-order valence-corrected chi connectivity index (χ1v) is 4.06. The number of benzene rings is 1. The van der Waals surface area contributed by atoms with E-state index in [1.807, 2.05) is 30.3 Å². The average Bonchev–Trinajstić information content (AvgIpc) is 2.15. The Morgan fingerprint density at radius 3 is 2.62 bits per heavy atom. The molecule has 0 aliphatic heterocycles. The van der Waals surface area contributed by atoms with Gasteiger partial charge in [0, 0.05) is 0 Å². The van der Waals surface area contributed by atoms with Crippen LogP contribution in [0.3, 0.4) is 0 Å². The third-order valence-electron chi connectivity index (χ3n) is 1.67. The Balaban J connectivity index is 2.39. The zero-order valence-electron chi connectivity index (χ0n) is 7.40. The van der Waals surface area contributed by atoms with Crippen LogP contribution >= 0.6 is 0 Å². The molecule has 13 heavy (non-hydrogen) atoms. The van der Waals surface area contributed by atoms with Gasteiger partial charge in [0.05, 0.1) is 18.7 Å². The highest BCUT2D eigenvalue weighted by Gasteiger charge is 2.01. The maximum absolute atomic E-state index is 10.3. The zero-order chi connectivity index (χ0) is 9.68. The third kappa shape index (κ3) is 3.25. The van der Waals surface area contributed by atoms with Crippen molar-refractivity contribution in [2.45, 2.75) is 19.6 Å². The molecule has 0 amide bonds. The summed E-state index contributed by atoms with van der Waals surface area (Å²) in [4.78, 5) is 10.3. The van der Waals surface area contributed by atoms with E-state index in [9.17, 15) is 9.90 Å². The molecule has 3 heteroatoms. The minimum Gasteiger partial charge on any atom is -0.547 e. The summed E-state index contributed by atoms with van der Waals surface area (Å²) in [5.74, 6) is -1.18. The van der Waals surface area contributed by atoms with E-state index >= 15 is 0 Å². The van der Waals surface area contributed by atoms with Crippen LogP contribution in [0.2, 0.25) is 0 Å². The molecule has 1 aromatic carbocycles. The number of rotatable bonds is 4. The van der Waals surface area contributed by atoms with Crippen molar-refractivity contribution < 1.29 is 14.6 Å². The van der Waals surface area contributed by atoms with Crippen LogP contribution in [0.5, 0.6) is 0 Å². The molecule has 0 unspecified atom stereocenters. The molecular weight excluding hydrogens is 168 g/mol. The second-order valence-corrected chi connectivity index (χ2v) is 2.76. The topological polar surface area (TPSA) is 49.4 Å². The number of carbonyl (C=O) groups excluding carboxylic acids is 1. The van der Waals surface area contributed by atoms with Gasteiger partial charge in [-0.1, -0.05) is 30.3 Å². The molecule has 0 aliphatic rings. The van der Waals surface area contributed by atoms with Gasteiger partial charge in [0.25, 0.3) is 0 Å². The van der Waals surface area contributed by atoms with E-state index in [-0.39, 0.29) is 0 Å². The van der Waals surface area contributed by atoms with Gasteiger partial charge >= 0.3 is 0 Å². The molecule has 1 atom stereocenters. The Morgan fingerprint density at radius 1 is 1.46 bits per heavy atom. The Bertz CT molecular complexity index is 269. The average molecular weight is 179 g/mol. The largest absolute Gasteiger partial charge is 0.547 e. The summed E-state index contributed by atoms with van der Waals surface area (Å²) in [6.07, 6.45) is -0.861. The molecular formula is C10H11O3-. The van der Waals surface area contributed by atoms with E-state index in [2.05, 4.69) is 0 Å². The molecule has 0 radical (unpaired) electrons. The highest BCUT2D eigenvalue weighted by Crippen LogP contribution is 2.02. The van der Waals surface area contributed by atoms with Gasteiger partial charge in [-0.05, 0) is 12.5 Å². The Hall–Kier alpha value is -1.35. The lowest BCUT2D eigenvalue weighted by Crippen LogP contribution is -2.35. The van der Waals surface area contributed by atoms with Gasteiger partial charge in [-0.3, -0.25) is 0 Å². The first kappa shape index (κ1) is 9.74. The minimum atomic E-state index is -1.18. The van der Waals surface area contributed by atoms with Crippen LogP contribution in [0.15, 0.2) is 30.3 Å². The molecule has 3 nitrogen and oxygen atoms in total. The number of carboxylic acid groups (broad SMARTS) is 1. The zero-order valence-corrected chi connectivity index (χ0v) is 7.40. The van der Waals surface area contributed by atoms with Crippen LogP contribution in [0.4, 0.5) is 0 Å². The minimum absolute atomic E-state index is 0.302. The molecule has 0 heterocycles. The molecule has 1 rings (SSSR count). The fourth-order valence-electron chi connectivity index (χ4n) is 0.864. The smallest absolute Gasteiger partial charge is 0.0944 e. The molecule has 1 aromatic rings. The summed E-state index contributed by atoms with van der Waals surface area (Å²) >= 11 is 0.